The van der Waals surface area contributed by atoms with Crippen LogP contribution in [-0.2, 0) is 19.9 Å². The van der Waals surface area contributed by atoms with Crippen LogP contribution in [0.2, 0.25) is 0 Å². The Hall–Kier alpha value is -4.25. The second-order valence-corrected chi connectivity index (χ2v) is 10.7. The van der Waals surface area contributed by atoms with Gasteiger partial charge < -0.3 is 9.47 Å². The molecule has 0 bridgehead atoms. The van der Waals surface area contributed by atoms with Gasteiger partial charge in [-0.05, 0) is 60.2 Å². The van der Waals surface area contributed by atoms with Crippen molar-refractivity contribution in [2.45, 2.75) is 32.6 Å². The van der Waals surface area contributed by atoms with Crippen molar-refractivity contribution in [2.75, 3.05) is 18.0 Å². The highest BCUT2D eigenvalue weighted by Crippen LogP contribution is 2.24. The lowest BCUT2D eigenvalue weighted by Crippen LogP contribution is -2.32. The van der Waals surface area contributed by atoms with Gasteiger partial charge >= 0.3 is 0 Å². The molecule has 0 aliphatic carbocycles. The number of hydrogen-bond acceptors (Lipinski definition) is 4. The van der Waals surface area contributed by atoms with E-state index in [1.807, 2.05) is 78.6 Å². The molecule has 1 fully saturated rings. The summed E-state index contributed by atoms with van der Waals surface area (Å²) in [5, 5.41) is 0. The van der Waals surface area contributed by atoms with Crippen LogP contribution in [0, 0.1) is 5.92 Å². The topological polar surface area (TPSA) is 59.4 Å². The van der Waals surface area contributed by atoms with Gasteiger partial charge in [-0.2, -0.15) is 0 Å². The molecular formula is C34H34N2O3. The molecule has 5 nitrogen and oxygen atoms in total. The Bertz CT molecular complexity index is 1460. The molecule has 0 saturated carbocycles. The van der Waals surface area contributed by atoms with Gasteiger partial charge in [-0.15, -0.1) is 0 Å². The molecule has 1 aliphatic rings. The largest absolute Gasteiger partial charge is 0.372 e. The molecule has 0 spiro atoms. The van der Waals surface area contributed by atoms with E-state index in [1.54, 1.807) is 24.3 Å². The van der Waals surface area contributed by atoms with Gasteiger partial charge in [0, 0.05) is 73.3 Å². The Kier molecular flexibility index (Phi) is 7.87. The quantitative estimate of drug-likeness (QED) is 0.243. The highest BCUT2D eigenvalue weighted by atomic mass is 16.1. The Labute approximate surface area is 230 Å². The van der Waals surface area contributed by atoms with E-state index in [0.717, 1.165) is 30.1 Å². The third kappa shape index (κ3) is 6.43. The number of anilines is 1. The van der Waals surface area contributed by atoms with Gasteiger partial charge in [0.25, 0.3) is 0 Å². The van der Waals surface area contributed by atoms with Crippen molar-refractivity contribution in [3.05, 3.63) is 125 Å². The van der Waals surface area contributed by atoms with E-state index in [1.165, 1.54) is 18.5 Å². The molecule has 0 amide bonds. The third-order valence-corrected chi connectivity index (χ3v) is 7.65. The summed E-state index contributed by atoms with van der Waals surface area (Å²) in [6, 6.07) is 24.2. The zero-order chi connectivity index (χ0) is 27.4. The molecule has 39 heavy (non-hydrogen) atoms. The summed E-state index contributed by atoms with van der Waals surface area (Å²) in [5.74, 6) is 0.809. The highest BCUT2D eigenvalue weighted by Gasteiger charge is 2.17. The van der Waals surface area contributed by atoms with Crippen LogP contribution in [0.1, 0.15) is 67.5 Å². The van der Waals surface area contributed by atoms with Gasteiger partial charge in [0.1, 0.15) is 0 Å². The maximum atomic E-state index is 13.0. The summed E-state index contributed by atoms with van der Waals surface area (Å²) in [5.41, 5.74) is 5.44. The Morgan fingerprint density at radius 2 is 1.15 bits per heavy atom. The van der Waals surface area contributed by atoms with Gasteiger partial charge in [0.2, 0.25) is 0 Å². The molecule has 5 rings (SSSR count). The first-order valence-electron chi connectivity index (χ1n) is 13.6. The number of piperidine rings is 1. The zero-order valence-corrected chi connectivity index (χ0v) is 22.6. The monoisotopic (exact) mass is 518 g/mol. The lowest BCUT2D eigenvalue weighted by Gasteiger charge is -2.32. The second kappa shape index (κ2) is 11.6. The van der Waals surface area contributed by atoms with Gasteiger partial charge in [-0.1, -0.05) is 55.5 Å². The van der Waals surface area contributed by atoms with E-state index in [0.29, 0.717) is 35.1 Å². The second-order valence-electron chi connectivity index (χ2n) is 10.7. The van der Waals surface area contributed by atoms with E-state index in [4.69, 9.17) is 0 Å². The zero-order valence-electron chi connectivity index (χ0n) is 22.6. The summed E-state index contributed by atoms with van der Waals surface area (Å²) in [4.78, 5) is 40.7. The average Bonchev–Trinajstić information content (AvgIpc) is 3.40. The summed E-state index contributed by atoms with van der Waals surface area (Å²) >= 11 is 0. The van der Waals surface area contributed by atoms with Gasteiger partial charge in [-0.3, -0.25) is 14.4 Å². The number of aryl methyl sites for hydroxylation is 1. The van der Waals surface area contributed by atoms with Crippen molar-refractivity contribution in [3.8, 4) is 0 Å². The van der Waals surface area contributed by atoms with Crippen molar-refractivity contribution in [2.24, 2.45) is 13.0 Å². The number of nitrogens with zero attached hydrogens (tertiary/aromatic N) is 2. The fourth-order valence-corrected chi connectivity index (χ4v) is 5.08. The molecule has 0 radical (unpaired) electrons. The molecule has 4 aromatic rings. The minimum Gasteiger partial charge on any atom is -0.372 e. The van der Waals surface area contributed by atoms with Crippen LogP contribution in [0.15, 0.2) is 91.3 Å². The number of aromatic nitrogens is 1. The molecule has 5 heteroatoms. The van der Waals surface area contributed by atoms with Crippen LogP contribution in [0.5, 0.6) is 0 Å². The number of rotatable bonds is 9. The molecule has 1 aliphatic heterocycles. The minimum atomic E-state index is -0.0866. The number of hydrogen-bond donors (Lipinski definition) is 0. The summed E-state index contributed by atoms with van der Waals surface area (Å²) in [6.45, 7) is 4.44. The standard InChI is InChI=1S/C34H34N2O3/c1-24-15-19-36(20-16-24)31-13-11-27(12-14-31)32(37)21-25-3-7-28(8-4-25)34(39)29-9-5-26(6-10-29)22-33(38)30-17-18-35(2)23-30/h3-14,17-18,23-24H,15-16,19-22H2,1-2H3. The molecule has 1 aromatic heterocycles. The molecule has 0 atom stereocenters. The Balaban J connectivity index is 1.16. The van der Waals surface area contributed by atoms with Crippen molar-refractivity contribution in [1.82, 2.24) is 4.57 Å². The van der Waals surface area contributed by atoms with Crippen molar-refractivity contribution < 1.29 is 14.4 Å². The van der Waals surface area contributed by atoms with Crippen molar-refractivity contribution in [1.29, 1.82) is 0 Å². The van der Waals surface area contributed by atoms with Crippen molar-refractivity contribution in [3.63, 3.8) is 0 Å². The number of benzene rings is 3. The molecule has 0 N–H and O–H groups in total. The lowest BCUT2D eigenvalue weighted by molar-refractivity contribution is 0.0985. The molecular weight excluding hydrogens is 484 g/mol. The predicted molar refractivity (Wildman–Crippen MR) is 155 cm³/mol. The van der Waals surface area contributed by atoms with Crippen LogP contribution >= 0.6 is 0 Å². The maximum absolute atomic E-state index is 13.0. The van der Waals surface area contributed by atoms with Gasteiger partial charge in [0.15, 0.2) is 17.3 Å². The number of ketones is 3. The predicted octanol–water partition coefficient (Wildman–Crippen LogP) is 6.34. The fraction of sp³-hybridized carbons (Fsp3) is 0.265. The average molecular weight is 519 g/mol. The Morgan fingerprint density at radius 3 is 1.64 bits per heavy atom. The molecule has 198 valence electrons. The maximum Gasteiger partial charge on any atom is 0.193 e. The van der Waals surface area contributed by atoms with E-state index in [-0.39, 0.29) is 17.3 Å². The normalized spacial score (nSPS) is 13.8. The molecule has 2 heterocycles. The van der Waals surface area contributed by atoms with Crippen LogP contribution in [0.4, 0.5) is 5.69 Å². The fourth-order valence-electron chi connectivity index (χ4n) is 5.08. The smallest absolute Gasteiger partial charge is 0.193 e. The highest BCUT2D eigenvalue weighted by molar-refractivity contribution is 6.09. The van der Waals surface area contributed by atoms with E-state index in [9.17, 15) is 14.4 Å². The summed E-state index contributed by atoms with van der Waals surface area (Å²) in [7, 11) is 1.89. The minimum absolute atomic E-state index is 0.0485. The number of carbonyl (C=O) groups excluding carboxylic acids is 3. The third-order valence-electron chi connectivity index (χ3n) is 7.65. The number of carbonyl (C=O) groups is 3. The molecule has 1 saturated heterocycles. The van der Waals surface area contributed by atoms with Crippen LogP contribution < -0.4 is 4.90 Å². The van der Waals surface area contributed by atoms with E-state index in [2.05, 4.69) is 11.8 Å². The summed E-state index contributed by atoms with van der Waals surface area (Å²) in [6.07, 6.45) is 6.66. The van der Waals surface area contributed by atoms with Crippen LogP contribution in [0.3, 0.4) is 0 Å². The van der Waals surface area contributed by atoms with Gasteiger partial charge in [-0.25, -0.2) is 0 Å². The molecule has 3 aromatic carbocycles. The first kappa shape index (κ1) is 26.4. The van der Waals surface area contributed by atoms with Crippen LogP contribution in [0.25, 0.3) is 0 Å². The lowest BCUT2D eigenvalue weighted by atomic mass is 9.97. The van der Waals surface area contributed by atoms with Crippen LogP contribution in [-0.4, -0.2) is 35.0 Å². The van der Waals surface area contributed by atoms with Crippen molar-refractivity contribution >= 4 is 23.0 Å². The molecule has 0 unspecified atom stereocenters. The Morgan fingerprint density at radius 1 is 0.667 bits per heavy atom. The first-order valence-corrected chi connectivity index (χ1v) is 13.6. The van der Waals surface area contributed by atoms with Gasteiger partial charge in [0.05, 0.1) is 0 Å². The SMILES string of the molecule is CC1CCN(c2ccc(C(=O)Cc3ccc(C(=O)c4ccc(CC(=O)c5ccn(C)c5)cc4)cc3)cc2)CC1. The first-order chi connectivity index (χ1) is 18.9. The van der Waals surface area contributed by atoms with E-state index >= 15 is 0 Å². The number of Topliss-reactive ketones (excluding diaryl/α,β-unsaturated/α-hetero) is 2. The summed E-state index contributed by atoms with van der Waals surface area (Å²) < 4.78 is 1.85. The van der Waals surface area contributed by atoms with E-state index < -0.39 is 0 Å².